The maximum absolute atomic E-state index is 12.7. The molecule has 1 aromatic rings. The second-order valence-electron chi connectivity index (χ2n) is 8.92. The molecule has 0 radical (unpaired) electrons. The third kappa shape index (κ3) is 6.05. The normalized spacial score (nSPS) is 24.2. The Bertz CT molecular complexity index is 715. The summed E-state index contributed by atoms with van der Waals surface area (Å²) >= 11 is 0. The molecule has 2 amide bonds. The summed E-state index contributed by atoms with van der Waals surface area (Å²) in [6.07, 6.45) is 5.71. The summed E-state index contributed by atoms with van der Waals surface area (Å²) in [5, 5.41) is 6.34. The molecule has 30 heavy (non-hydrogen) atoms. The monoisotopic (exact) mass is 414 g/mol. The molecule has 2 N–H and O–H groups in total. The molecule has 1 aliphatic carbocycles. The minimum Gasteiger partial charge on any atom is -0.352 e. The lowest BCUT2D eigenvalue weighted by Gasteiger charge is -2.38. The van der Waals surface area contributed by atoms with Crippen molar-refractivity contribution in [2.45, 2.75) is 65.0 Å². The van der Waals surface area contributed by atoms with Crippen LogP contribution in [0.1, 0.15) is 52.0 Å². The molecule has 0 aromatic heterocycles. The van der Waals surface area contributed by atoms with Gasteiger partial charge in [-0.15, -0.1) is 0 Å². The van der Waals surface area contributed by atoms with Crippen molar-refractivity contribution in [3.05, 3.63) is 29.8 Å². The largest absolute Gasteiger partial charge is 0.352 e. The lowest BCUT2D eigenvalue weighted by atomic mass is 9.86. The van der Waals surface area contributed by atoms with Crippen molar-refractivity contribution in [3.8, 4) is 0 Å². The summed E-state index contributed by atoms with van der Waals surface area (Å²) in [4.78, 5) is 29.7. The van der Waals surface area contributed by atoms with Gasteiger partial charge in [-0.1, -0.05) is 44.9 Å². The molecule has 6 nitrogen and oxygen atoms in total. The van der Waals surface area contributed by atoms with Gasteiger partial charge >= 0.3 is 0 Å². The number of piperazine rings is 1. The van der Waals surface area contributed by atoms with Crippen LogP contribution >= 0.6 is 0 Å². The lowest BCUT2D eigenvalue weighted by molar-refractivity contribution is -0.128. The standard InChI is InChI=1S/C24H38N4O2/c1-4-20-10-6-8-12-22(20)25-23(29)17-27-13-15-28(16-14-27)19(3)24(30)26-21-11-7-5-9-18(21)2/h6,8,10,12,18-19,21H,4-5,7,9,11,13-17H2,1-3H3,(H,25,29)(H,26,30)/t18-,19-,21-/m0/s1. The number of benzene rings is 1. The Labute approximate surface area is 181 Å². The molecule has 2 fully saturated rings. The number of carbonyl (C=O) groups is 2. The zero-order valence-corrected chi connectivity index (χ0v) is 18.8. The van der Waals surface area contributed by atoms with Gasteiger partial charge in [-0.05, 0) is 43.7 Å². The summed E-state index contributed by atoms with van der Waals surface area (Å²) in [5.74, 6) is 0.751. The van der Waals surface area contributed by atoms with E-state index in [2.05, 4.69) is 40.3 Å². The maximum Gasteiger partial charge on any atom is 0.238 e. The highest BCUT2D eigenvalue weighted by Gasteiger charge is 2.29. The van der Waals surface area contributed by atoms with Crippen molar-refractivity contribution >= 4 is 17.5 Å². The highest BCUT2D eigenvalue weighted by atomic mass is 16.2. The number of hydrogen-bond donors (Lipinski definition) is 2. The topological polar surface area (TPSA) is 64.7 Å². The fourth-order valence-corrected chi connectivity index (χ4v) is 4.65. The molecule has 1 saturated heterocycles. The third-order valence-corrected chi connectivity index (χ3v) is 6.81. The number of anilines is 1. The van der Waals surface area contributed by atoms with Crippen molar-refractivity contribution in [2.24, 2.45) is 5.92 Å². The number of amides is 2. The number of nitrogens with one attached hydrogen (secondary N) is 2. The Morgan fingerprint density at radius 1 is 1.10 bits per heavy atom. The minimum atomic E-state index is -0.119. The Morgan fingerprint density at radius 2 is 1.80 bits per heavy atom. The predicted molar refractivity (Wildman–Crippen MR) is 121 cm³/mol. The van der Waals surface area contributed by atoms with Crippen molar-refractivity contribution in [1.29, 1.82) is 0 Å². The number of para-hydroxylation sites is 1. The zero-order chi connectivity index (χ0) is 21.5. The number of nitrogens with zero attached hydrogens (tertiary/aromatic N) is 2. The van der Waals surface area contributed by atoms with Crippen LogP contribution in [0.2, 0.25) is 0 Å². The van der Waals surface area contributed by atoms with E-state index in [1.165, 1.54) is 19.3 Å². The molecule has 0 unspecified atom stereocenters. The van der Waals surface area contributed by atoms with Crippen molar-refractivity contribution in [3.63, 3.8) is 0 Å². The van der Waals surface area contributed by atoms with Crippen LogP contribution in [0.3, 0.4) is 0 Å². The second-order valence-corrected chi connectivity index (χ2v) is 8.92. The van der Waals surface area contributed by atoms with Gasteiger partial charge in [-0.25, -0.2) is 0 Å². The van der Waals surface area contributed by atoms with E-state index in [-0.39, 0.29) is 17.9 Å². The van der Waals surface area contributed by atoms with Gasteiger partial charge in [0, 0.05) is 37.9 Å². The Balaban J connectivity index is 1.42. The van der Waals surface area contributed by atoms with Gasteiger partial charge in [0.15, 0.2) is 0 Å². The van der Waals surface area contributed by atoms with Crippen molar-refractivity contribution < 1.29 is 9.59 Å². The molecule has 6 heteroatoms. The van der Waals surface area contributed by atoms with E-state index in [1.54, 1.807) is 0 Å². The lowest BCUT2D eigenvalue weighted by Crippen LogP contribution is -2.56. The molecule has 166 valence electrons. The number of rotatable bonds is 7. The number of hydrogen-bond acceptors (Lipinski definition) is 4. The maximum atomic E-state index is 12.7. The summed E-state index contributed by atoms with van der Waals surface area (Å²) in [6.45, 7) is 9.98. The van der Waals surface area contributed by atoms with Crippen LogP contribution < -0.4 is 10.6 Å². The first-order chi connectivity index (χ1) is 14.5. The van der Waals surface area contributed by atoms with Crippen molar-refractivity contribution in [1.82, 2.24) is 15.1 Å². The van der Waals surface area contributed by atoms with Gasteiger partial charge in [-0.3, -0.25) is 19.4 Å². The summed E-state index contributed by atoms with van der Waals surface area (Å²) in [5.41, 5.74) is 2.06. The molecule has 3 atom stereocenters. The molecular formula is C24H38N4O2. The molecule has 1 saturated carbocycles. The number of carbonyl (C=O) groups excluding carboxylic acids is 2. The van der Waals surface area contributed by atoms with Crippen LogP contribution in [0.5, 0.6) is 0 Å². The highest BCUT2D eigenvalue weighted by Crippen LogP contribution is 2.24. The van der Waals surface area contributed by atoms with E-state index in [4.69, 9.17) is 0 Å². The van der Waals surface area contributed by atoms with Gasteiger partial charge in [-0.2, -0.15) is 0 Å². The molecule has 1 heterocycles. The van der Waals surface area contributed by atoms with Crippen LogP contribution in [0.25, 0.3) is 0 Å². The fourth-order valence-electron chi connectivity index (χ4n) is 4.65. The molecular weight excluding hydrogens is 376 g/mol. The molecule has 1 aromatic carbocycles. The smallest absolute Gasteiger partial charge is 0.238 e. The van der Waals surface area contributed by atoms with Crippen LogP contribution in [0, 0.1) is 5.92 Å². The van der Waals surface area contributed by atoms with E-state index in [1.807, 2.05) is 25.1 Å². The van der Waals surface area contributed by atoms with Crippen LogP contribution in [0.15, 0.2) is 24.3 Å². The summed E-state index contributed by atoms with van der Waals surface area (Å²) in [6, 6.07) is 8.17. The first-order valence-electron chi connectivity index (χ1n) is 11.6. The summed E-state index contributed by atoms with van der Waals surface area (Å²) in [7, 11) is 0. The average molecular weight is 415 g/mol. The van der Waals surface area contributed by atoms with E-state index >= 15 is 0 Å². The second kappa shape index (κ2) is 10.9. The quantitative estimate of drug-likeness (QED) is 0.720. The van der Waals surface area contributed by atoms with Crippen LogP contribution in [-0.2, 0) is 16.0 Å². The Hall–Kier alpha value is -1.92. The third-order valence-electron chi connectivity index (χ3n) is 6.81. The van der Waals surface area contributed by atoms with Crippen LogP contribution in [0.4, 0.5) is 5.69 Å². The minimum absolute atomic E-state index is 0.0291. The Kier molecular flexibility index (Phi) is 8.28. The van der Waals surface area contributed by atoms with Crippen LogP contribution in [-0.4, -0.2) is 66.4 Å². The van der Waals surface area contributed by atoms with E-state index in [0.29, 0.717) is 18.5 Å². The van der Waals surface area contributed by atoms with Gasteiger partial charge in [0.05, 0.1) is 12.6 Å². The van der Waals surface area contributed by atoms with E-state index in [0.717, 1.165) is 50.3 Å². The molecule has 0 bridgehead atoms. The average Bonchev–Trinajstić information content (AvgIpc) is 2.75. The molecule has 1 aliphatic heterocycles. The molecule has 3 rings (SSSR count). The first kappa shape index (κ1) is 22.8. The van der Waals surface area contributed by atoms with E-state index in [9.17, 15) is 9.59 Å². The van der Waals surface area contributed by atoms with Gasteiger partial charge in [0.1, 0.15) is 0 Å². The highest BCUT2D eigenvalue weighted by molar-refractivity contribution is 5.93. The first-order valence-corrected chi connectivity index (χ1v) is 11.6. The van der Waals surface area contributed by atoms with Crippen molar-refractivity contribution in [2.75, 3.05) is 38.0 Å². The SMILES string of the molecule is CCc1ccccc1NC(=O)CN1CCN([C@@H](C)C(=O)N[C@H]2CCCC[C@@H]2C)CC1. The summed E-state index contributed by atoms with van der Waals surface area (Å²) < 4.78 is 0. The fraction of sp³-hybridized carbons (Fsp3) is 0.667. The zero-order valence-electron chi connectivity index (χ0n) is 18.8. The molecule has 0 spiro atoms. The van der Waals surface area contributed by atoms with E-state index < -0.39 is 0 Å². The molecule has 2 aliphatic rings. The van der Waals surface area contributed by atoms with Gasteiger partial charge in [0.2, 0.25) is 11.8 Å². The van der Waals surface area contributed by atoms with Gasteiger partial charge < -0.3 is 10.6 Å². The Morgan fingerprint density at radius 3 is 2.50 bits per heavy atom. The predicted octanol–water partition coefficient (Wildman–Crippen LogP) is 2.89. The number of aryl methyl sites for hydroxylation is 1. The van der Waals surface area contributed by atoms with Gasteiger partial charge in [0.25, 0.3) is 0 Å².